The third kappa shape index (κ3) is 3.23. The molecule has 1 aromatic heterocycles. The summed E-state index contributed by atoms with van der Waals surface area (Å²) >= 11 is 0. The number of methoxy groups -OCH3 is 1. The van der Waals surface area contributed by atoms with Crippen LogP contribution in [0.4, 0.5) is 5.69 Å². The summed E-state index contributed by atoms with van der Waals surface area (Å²) in [6, 6.07) is 14.5. The van der Waals surface area contributed by atoms with E-state index in [1.165, 1.54) is 7.11 Å². The van der Waals surface area contributed by atoms with E-state index in [2.05, 4.69) is 15.0 Å². The van der Waals surface area contributed by atoms with Crippen LogP contribution in [0.15, 0.2) is 54.7 Å². The molecule has 0 spiro atoms. The van der Waals surface area contributed by atoms with E-state index in [1.54, 1.807) is 24.3 Å². The number of H-pyrrole nitrogens is 1. The Kier molecular flexibility index (Phi) is 4.10. The summed E-state index contributed by atoms with van der Waals surface area (Å²) < 4.78 is 4.64. The van der Waals surface area contributed by atoms with Gasteiger partial charge in [-0.15, -0.1) is 0 Å². The quantitative estimate of drug-likeness (QED) is 0.727. The minimum atomic E-state index is -0.401. The molecule has 0 saturated heterocycles. The van der Waals surface area contributed by atoms with E-state index in [4.69, 9.17) is 0 Å². The number of aromatic nitrogens is 1. The molecule has 1 amide bonds. The van der Waals surface area contributed by atoms with E-state index in [0.29, 0.717) is 11.3 Å². The van der Waals surface area contributed by atoms with E-state index < -0.39 is 5.97 Å². The van der Waals surface area contributed by atoms with Crippen LogP contribution in [0, 0.1) is 0 Å². The van der Waals surface area contributed by atoms with Gasteiger partial charge in [-0.3, -0.25) is 4.79 Å². The summed E-state index contributed by atoms with van der Waals surface area (Å²) in [5.74, 6) is -0.512. The highest BCUT2D eigenvalue weighted by atomic mass is 16.5. The Labute approximate surface area is 133 Å². The molecule has 116 valence electrons. The van der Waals surface area contributed by atoms with E-state index in [0.717, 1.165) is 16.5 Å². The second-order valence-electron chi connectivity index (χ2n) is 5.15. The largest absolute Gasteiger partial charge is 0.465 e. The van der Waals surface area contributed by atoms with Gasteiger partial charge in [-0.1, -0.05) is 18.2 Å². The minimum absolute atomic E-state index is 0.111. The number of benzene rings is 2. The van der Waals surface area contributed by atoms with Gasteiger partial charge in [0.25, 0.3) is 0 Å². The predicted molar refractivity (Wildman–Crippen MR) is 88.4 cm³/mol. The maximum absolute atomic E-state index is 12.2. The SMILES string of the molecule is COC(=O)c1ccc(NC(=O)Cc2c[nH]c3ccccc23)cc1. The first-order valence-corrected chi connectivity index (χ1v) is 7.20. The third-order valence-electron chi connectivity index (χ3n) is 3.62. The van der Waals surface area contributed by atoms with Gasteiger partial charge in [0, 0.05) is 22.8 Å². The molecule has 5 heteroatoms. The summed E-state index contributed by atoms with van der Waals surface area (Å²) in [4.78, 5) is 26.7. The van der Waals surface area contributed by atoms with Gasteiger partial charge in [0.1, 0.15) is 0 Å². The maximum Gasteiger partial charge on any atom is 0.337 e. The van der Waals surface area contributed by atoms with Crippen LogP contribution in [-0.4, -0.2) is 24.0 Å². The van der Waals surface area contributed by atoms with Crippen molar-refractivity contribution in [2.24, 2.45) is 0 Å². The molecule has 0 radical (unpaired) electrons. The Bertz CT molecular complexity index is 850. The molecule has 5 nitrogen and oxygen atoms in total. The number of hydrogen-bond acceptors (Lipinski definition) is 3. The molecule has 2 N–H and O–H groups in total. The van der Waals surface area contributed by atoms with Gasteiger partial charge in [-0.05, 0) is 35.9 Å². The summed E-state index contributed by atoms with van der Waals surface area (Å²) in [5, 5.41) is 3.87. The average molecular weight is 308 g/mol. The second-order valence-corrected chi connectivity index (χ2v) is 5.15. The van der Waals surface area contributed by atoms with Crippen LogP contribution in [0.5, 0.6) is 0 Å². The molecular weight excluding hydrogens is 292 g/mol. The number of esters is 1. The van der Waals surface area contributed by atoms with Crippen LogP contribution in [0.25, 0.3) is 10.9 Å². The highest BCUT2D eigenvalue weighted by Gasteiger charge is 2.10. The zero-order valence-electron chi connectivity index (χ0n) is 12.6. The predicted octanol–water partition coefficient (Wildman–Crippen LogP) is 3.14. The zero-order valence-corrected chi connectivity index (χ0v) is 12.6. The van der Waals surface area contributed by atoms with Crippen molar-refractivity contribution < 1.29 is 14.3 Å². The molecule has 23 heavy (non-hydrogen) atoms. The van der Waals surface area contributed by atoms with Crippen molar-refractivity contribution in [2.75, 3.05) is 12.4 Å². The molecule has 0 unspecified atom stereocenters. The molecule has 0 aliphatic heterocycles. The van der Waals surface area contributed by atoms with E-state index >= 15 is 0 Å². The van der Waals surface area contributed by atoms with Gasteiger partial charge in [-0.25, -0.2) is 4.79 Å². The smallest absolute Gasteiger partial charge is 0.337 e. The maximum atomic E-state index is 12.2. The standard InChI is InChI=1S/C18H16N2O3/c1-23-18(22)12-6-8-14(9-7-12)20-17(21)10-13-11-19-16-5-3-2-4-15(13)16/h2-9,11,19H,10H2,1H3,(H,20,21). The van der Waals surface area contributed by atoms with Crippen molar-refractivity contribution >= 4 is 28.5 Å². The van der Waals surface area contributed by atoms with Crippen molar-refractivity contribution in [3.8, 4) is 0 Å². The summed E-state index contributed by atoms with van der Waals surface area (Å²) in [6.45, 7) is 0. The summed E-state index contributed by atoms with van der Waals surface area (Å²) in [6.07, 6.45) is 2.13. The highest BCUT2D eigenvalue weighted by Crippen LogP contribution is 2.19. The number of rotatable bonds is 4. The molecule has 0 aliphatic rings. The Morgan fingerprint density at radius 1 is 1.09 bits per heavy atom. The Morgan fingerprint density at radius 3 is 2.57 bits per heavy atom. The number of carbonyl (C=O) groups excluding carboxylic acids is 2. The molecule has 0 atom stereocenters. The van der Waals surface area contributed by atoms with Crippen molar-refractivity contribution in [3.05, 3.63) is 65.9 Å². The third-order valence-corrected chi connectivity index (χ3v) is 3.62. The number of hydrogen-bond donors (Lipinski definition) is 2. The highest BCUT2D eigenvalue weighted by molar-refractivity contribution is 5.96. The zero-order chi connectivity index (χ0) is 16.2. The first-order valence-electron chi connectivity index (χ1n) is 7.20. The molecule has 0 fully saturated rings. The van der Waals surface area contributed by atoms with Crippen LogP contribution in [-0.2, 0) is 16.0 Å². The molecule has 3 aromatic rings. The van der Waals surface area contributed by atoms with Crippen LogP contribution in [0.3, 0.4) is 0 Å². The molecule has 0 aliphatic carbocycles. The van der Waals surface area contributed by atoms with Crippen molar-refractivity contribution in [3.63, 3.8) is 0 Å². The first kappa shape index (κ1) is 14.8. The minimum Gasteiger partial charge on any atom is -0.465 e. The normalized spacial score (nSPS) is 10.5. The van der Waals surface area contributed by atoms with Crippen LogP contribution in [0.2, 0.25) is 0 Å². The van der Waals surface area contributed by atoms with Crippen LogP contribution in [0.1, 0.15) is 15.9 Å². The van der Waals surface area contributed by atoms with E-state index in [1.807, 2.05) is 30.5 Å². The van der Waals surface area contributed by atoms with Gasteiger partial charge in [-0.2, -0.15) is 0 Å². The van der Waals surface area contributed by atoms with Gasteiger partial charge in [0.2, 0.25) is 5.91 Å². The fraction of sp³-hybridized carbons (Fsp3) is 0.111. The van der Waals surface area contributed by atoms with Gasteiger partial charge in [0.05, 0.1) is 19.1 Å². The molecule has 2 aromatic carbocycles. The lowest BCUT2D eigenvalue weighted by Crippen LogP contribution is -2.14. The topological polar surface area (TPSA) is 71.2 Å². The molecule has 3 rings (SSSR count). The fourth-order valence-electron chi connectivity index (χ4n) is 2.46. The van der Waals surface area contributed by atoms with Crippen LogP contribution >= 0.6 is 0 Å². The lowest BCUT2D eigenvalue weighted by Gasteiger charge is -2.06. The Morgan fingerprint density at radius 2 is 1.83 bits per heavy atom. The summed E-state index contributed by atoms with van der Waals surface area (Å²) in [5.41, 5.74) is 3.05. The van der Waals surface area contributed by atoms with Gasteiger partial charge < -0.3 is 15.0 Å². The number of anilines is 1. The second kappa shape index (κ2) is 6.36. The van der Waals surface area contributed by atoms with Crippen LogP contribution < -0.4 is 5.32 Å². The van der Waals surface area contributed by atoms with Crippen molar-refractivity contribution in [2.45, 2.75) is 6.42 Å². The number of carbonyl (C=O) groups is 2. The van der Waals surface area contributed by atoms with E-state index in [-0.39, 0.29) is 12.3 Å². The average Bonchev–Trinajstić information content (AvgIpc) is 2.98. The first-order chi connectivity index (χ1) is 11.2. The van der Waals surface area contributed by atoms with Gasteiger partial charge in [0.15, 0.2) is 0 Å². The van der Waals surface area contributed by atoms with Crippen molar-refractivity contribution in [1.29, 1.82) is 0 Å². The number of amides is 1. The van der Waals surface area contributed by atoms with Crippen molar-refractivity contribution in [1.82, 2.24) is 4.98 Å². The number of ether oxygens (including phenoxy) is 1. The number of nitrogens with one attached hydrogen (secondary N) is 2. The Hall–Kier alpha value is -3.08. The number of aromatic amines is 1. The lowest BCUT2D eigenvalue weighted by atomic mass is 10.1. The Balaban J connectivity index is 1.68. The number of para-hydroxylation sites is 1. The number of fused-ring (bicyclic) bond motifs is 1. The molecule has 1 heterocycles. The van der Waals surface area contributed by atoms with Gasteiger partial charge >= 0.3 is 5.97 Å². The molecule has 0 saturated carbocycles. The molecular formula is C18H16N2O3. The monoisotopic (exact) mass is 308 g/mol. The summed E-state index contributed by atoms with van der Waals surface area (Å²) in [7, 11) is 1.33. The fourth-order valence-corrected chi connectivity index (χ4v) is 2.46. The molecule has 0 bridgehead atoms. The van der Waals surface area contributed by atoms with E-state index in [9.17, 15) is 9.59 Å². The lowest BCUT2D eigenvalue weighted by molar-refractivity contribution is -0.115.